The number of anilines is 1. The highest BCUT2D eigenvalue weighted by Gasteiger charge is 2.31. The van der Waals surface area contributed by atoms with Crippen molar-refractivity contribution in [2.45, 2.75) is 19.2 Å². The van der Waals surface area contributed by atoms with E-state index in [0.29, 0.717) is 10.4 Å². The van der Waals surface area contributed by atoms with E-state index < -0.39 is 6.36 Å². The lowest BCUT2D eigenvalue weighted by atomic mass is 10.3. The van der Waals surface area contributed by atoms with E-state index in [-0.39, 0.29) is 5.75 Å². The van der Waals surface area contributed by atoms with Crippen LogP contribution in [-0.4, -0.2) is 12.9 Å². The molecule has 2 nitrogen and oxygen atoms in total. The molecular weight excluding hydrogens is 299 g/mol. The van der Waals surface area contributed by atoms with Crippen molar-refractivity contribution in [2.75, 3.05) is 11.9 Å². The summed E-state index contributed by atoms with van der Waals surface area (Å²) < 4.78 is 40.3. The second kappa shape index (κ2) is 4.76. The first-order valence-electron chi connectivity index (χ1n) is 5.23. The van der Waals surface area contributed by atoms with Crippen LogP contribution >= 0.6 is 15.9 Å². The molecule has 6 heteroatoms. The Morgan fingerprint density at radius 1 is 1.35 bits per heavy atom. The first-order valence-corrected chi connectivity index (χ1v) is 6.02. The topological polar surface area (TPSA) is 21.3 Å². The van der Waals surface area contributed by atoms with Crippen LogP contribution in [0.4, 0.5) is 18.9 Å². The number of halogens is 4. The molecule has 17 heavy (non-hydrogen) atoms. The fraction of sp³-hybridized carbons (Fsp3) is 0.455. The Hall–Kier alpha value is -0.910. The van der Waals surface area contributed by atoms with Crippen LogP contribution in [0, 0.1) is 5.92 Å². The molecule has 0 aliphatic heterocycles. The Balaban J connectivity index is 1.99. The molecule has 0 bridgehead atoms. The number of alkyl halides is 3. The monoisotopic (exact) mass is 309 g/mol. The minimum absolute atomic E-state index is 0.221. The summed E-state index contributed by atoms with van der Waals surface area (Å²) in [5.41, 5.74) is 0.784. The van der Waals surface area contributed by atoms with Gasteiger partial charge in [-0.1, -0.05) is 0 Å². The first-order chi connectivity index (χ1) is 7.94. The molecule has 0 amide bonds. The lowest BCUT2D eigenvalue weighted by Gasteiger charge is -2.12. The van der Waals surface area contributed by atoms with Gasteiger partial charge < -0.3 is 10.1 Å². The Morgan fingerprint density at radius 2 is 2.06 bits per heavy atom. The predicted molar refractivity (Wildman–Crippen MR) is 62.0 cm³/mol. The molecular formula is C11H11BrF3NO. The minimum Gasteiger partial charge on any atom is -0.406 e. The predicted octanol–water partition coefficient (Wildman–Crippen LogP) is 4.17. The van der Waals surface area contributed by atoms with Gasteiger partial charge in [0.15, 0.2) is 0 Å². The molecule has 0 heterocycles. The summed E-state index contributed by atoms with van der Waals surface area (Å²) in [5.74, 6) is 0.481. The third kappa shape index (κ3) is 4.11. The van der Waals surface area contributed by atoms with Gasteiger partial charge in [0.1, 0.15) is 5.75 Å². The second-order valence-electron chi connectivity index (χ2n) is 4.01. The quantitative estimate of drug-likeness (QED) is 0.901. The average Bonchev–Trinajstić information content (AvgIpc) is 2.97. The molecule has 0 spiro atoms. The van der Waals surface area contributed by atoms with E-state index in [9.17, 15) is 13.2 Å². The van der Waals surface area contributed by atoms with E-state index in [4.69, 9.17) is 0 Å². The van der Waals surface area contributed by atoms with Crippen molar-refractivity contribution in [1.29, 1.82) is 0 Å². The maximum atomic E-state index is 12.0. The number of nitrogens with one attached hydrogen (secondary N) is 1. The lowest BCUT2D eigenvalue weighted by Crippen LogP contribution is -2.17. The number of hydrogen-bond donors (Lipinski definition) is 1. The summed E-state index contributed by atoms with van der Waals surface area (Å²) >= 11 is 3.22. The van der Waals surface area contributed by atoms with E-state index in [2.05, 4.69) is 26.0 Å². The zero-order valence-corrected chi connectivity index (χ0v) is 10.4. The van der Waals surface area contributed by atoms with Crippen molar-refractivity contribution in [1.82, 2.24) is 0 Å². The van der Waals surface area contributed by atoms with Crippen LogP contribution in [-0.2, 0) is 0 Å². The van der Waals surface area contributed by atoms with Gasteiger partial charge in [0.25, 0.3) is 0 Å². The highest BCUT2D eigenvalue weighted by atomic mass is 79.9. The number of hydrogen-bond acceptors (Lipinski definition) is 2. The minimum atomic E-state index is -4.65. The number of ether oxygens (including phenoxy) is 1. The Morgan fingerprint density at radius 3 is 2.59 bits per heavy atom. The largest absolute Gasteiger partial charge is 0.573 e. The standard InChI is InChI=1S/C11H11BrF3NO/c12-9-5-8(17-11(13,14)15)3-4-10(9)16-6-7-1-2-7/h3-5,7,16H,1-2,6H2. The van der Waals surface area contributed by atoms with Crippen LogP contribution in [0.1, 0.15) is 12.8 Å². The van der Waals surface area contributed by atoms with E-state index >= 15 is 0 Å². The van der Waals surface area contributed by atoms with Crippen molar-refractivity contribution in [3.05, 3.63) is 22.7 Å². The smallest absolute Gasteiger partial charge is 0.406 e. The van der Waals surface area contributed by atoms with E-state index in [0.717, 1.165) is 12.2 Å². The van der Waals surface area contributed by atoms with Gasteiger partial charge in [-0.05, 0) is 52.9 Å². The molecule has 0 aromatic heterocycles. The summed E-state index contributed by atoms with van der Waals surface area (Å²) in [6.07, 6.45) is -2.21. The van der Waals surface area contributed by atoms with Crippen LogP contribution in [0.5, 0.6) is 5.75 Å². The van der Waals surface area contributed by atoms with Crippen molar-refractivity contribution in [3.63, 3.8) is 0 Å². The molecule has 1 aliphatic rings. The van der Waals surface area contributed by atoms with Crippen molar-refractivity contribution in [3.8, 4) is 5.75 Å². The van der Waals surface area contributed by atoms with Gasteiger partial charge in [-0.25, -0.2) is 0 Å². The Kier molecular flexibility index (Phi) is 3.51. The molecule has 0 unspecified atom stereocenters. The third-order valence-electron chi connectivity index (χ3n) is 2.45. The van der Waals surface area contributed by atoms with Crippen molar-refractivity contribution >= 4 is 21.6 Å². The van der Waals surface area contributed by atoms with Gasteiger partial charge in [-0.2, -0.15) is 0 Å². The van der Waals surface area contributed by atoms with E-state index in [1.165, 1.54) is 25.0 Å². The molecule has 1 aliphatic carbocycles. The molecule has 2 rings (SSSR count). The van der Waals surface area contributed by atoms with Gasteiger partial charge in [0.2, 0.25) is 0 Å². The molecule has 0 saturated heterocycles. The summed E-state index contributed by atoms with van der Waals surface area (Å²) in [7, 11) is 0. The van der Waals surface area contributed by atoms with Gasteiger partial charge in [-0.15, -0.1) is 13.2 Å². The summed E-state index contributed by atoms with van der Waals surface area (Å²) in [5, 5.41) is 3.18. The summed E-state index contributed by atoms with van der Waals surface area (Å²) in [4.78, 5) is 0. The summed E-state index contributed by atoms with van der Waals surface area (Å²) in [6, 6.07) is 4.18. The molecule has 94 valence electrons. The van der Waals surface area contributed by atoms with Gasteiger partial charge in [-0.3, -0.25) is 0 Å². The summed E-state index contributed by atoms with van der Waals surface area (Å²) in [6.45, 7) is 0.859. The van der Waals surface area contributed by atoms with Crippen LogP contribution in [0.2, 0.25) is 0 Å². The third-order valence-corrected chi connectivity index (χ3v) is 3.11. The lowest BCUT2D eigenvalue weighted by molar-refractivity contribution is -0.274. The van der Waals surface area contributed by atoms with Crippen LogP contribution in [0.15, 0.2) is 22.7 Å². The fourth-order valence-corrected chi connectivity index (χ4v) is 1.91. The highest BCUT2D eigenvalue weighted by Crippen LogP contribution is 2.33. The van der Waals surface area contributed by atoms with E-state index in [1.807, 2.05) is 0 Å². The highest BCUT2D eigenvalue weighted by molar-refractivity contribution is 9.10. The van der Waals surface area contributed by atoms with E-state index in [1.54, 1.807) is 6.07 Å². The van der Waals surface area contributed by atoms with Gasteiger partial charge in [0.05, 0.1) is 0 Å². The van der Waals surface area contributed by atoms with Crippen LogP contribution in [0.25, 0.3) is 0 Å². The molecule has 0 radical (unpaired) electrons. The maximum Gasteiger partial charge on any atom is 0.573 e. The van der Waals surface area contributed by atoms with Crippen LogP contribution < -0.4 is 10.1 Å². The SMILES string of the molecule is FC(F)(F)Oc1ccc(NCC2CC2)c(Br)c1. The Labute approximate surface area is 105 Å². The molecule has 1 aromatic rings. The van der Waals surface area contributed by atoms with Crippen LogP contribution in [0.3, 0.4) is 0 Å². The molecule has 1 fully saturated rings. The first kappa shape index (κ1) is 12.5. The Bertz CT molecular complexity index is 404. The average molecular weight is 310 g/mol. The maximum absolute atomic E-state index is 12.0. The number of benzene rings is 1. The molecule has 0 atom stereocenters. The zero-order chi connectivity index (χ0) is 12.5. The molecule has 1 aromatic carbocycles. The number of rotatable bonds is 4. The zero-order valence-electron chi connectivity index (χ0n) is 8.85. The molecule has 1 N–H and O–H groups in total. The normalized spacial score (nSPS) is 15.8. The fourth-order valence-electron chi connectivity index (χ4n) is 1.41. The van der Waals surface area contributed by atoms with Crippen molar-refractivity contribution in [2.24, 2.45) is 5.92 Å². The second-order valence-corrected chi connectivity index (χ2v) is 4.87. The van der Waals surface area contributed by atoms with Crippen molar-refractivity contribution < 1.29 is 17.9 Å². The van der Waals surface area contributed by atoms with Gasteiger partial charge in [0, 0.05) is 16.7 Å². The molecule has 1 saturated carbocycles. The van der Waals surface area contributed by atoms with Gasteiger partial charge >= 0.3 is 6.36 Å².